The maximum atomic E-state index is 12.6. The summed E-state index contributed by atoms with van der Waals surface area (Å²) < 4.78 is 29.6. The van der Waals surface area contributed by atoms with Crippen molar-refractivity contribution in [1.29, 1.82) is 0 Å². The third kappa shape index (κ3) is 4.32. The molecule has 1 saturated heterocycles. The average Bonchev–Trinajstić information content (AvgIpc) is 2.97. The molecule has 1 aliphatic heterocycles. The molecule has 0 bridgehead atoms. The van der Waals surface area contributed by atoms with Crippen molar-refractivity contribution in [2.24, 2.45) is 11.8 Å². The molecule has 0 spiro atoms. The number of benzene rings is 1. The van der Waals surface area contributed by atoms with Crippen molar-refractivity contribution >= 4 is 28.4 Å². The highest BCUT2D eigenvalue weighted by Gasteiger charge is 2.34. The molecule has 2 aromatic rings. The Morgan fingerprint density at radius 1 is 1.37 bits per heavy atom. The Morgan fingerprint density at radius 3 is 2.85 bits per heavy atom. The first-order chi connectivity index (χ1) is 12.8. The zero-order valence-electron chi connectivity index (χ0n) is 15.1. The summed E-state index contributed by atoms with van der Waals surface area (Å²) in [6.07, 6.45) is 1.63. The predicted molar refractivity (Wildman–Crippen MR) is 96.5 cm³/mol. The number of anilines is 1. The van der Waals surface area contributed by atoms with Gasteiger partial charge in [0.1, 0.15) is 5.52 Å². The number of aromatic nitrogens is 1. The van der Waals surface area contributed by atoms with Crippen molar-refractivity contribution in [2.75, 3.05) is 18.4 Å². The van der Waals surface area contributed by atoms with E-state index in [0.29, 0.717) is 30.1 Å². The fourth-order valence-electron chi connectivity index (χ4n) is 3.25. The second kappa shape index (κ2) is 7.85. The Balaban J connectivity index is 1.79. The van der Waals surface area contributed by atoms with E-state index in [1.165, 1.54) is 18.3 Å². The number of likely N-dealkylation sites (tertiary alicyclic amines) is 1. The Hall–Kier alpha value is -2.77. The standard InChI is InChI=1S/C19H21F2N3O3/c1-11(2)9-24-10-12(8-16(24)25)18(26)23-14-5-6-15(27-19(20)21)17-13(14)4-3-7-22-17/h3-7,11-12,19H,8-10H2,1-2H3,(H,23,26)/t12-/m0/s1. The molecule has 144 valence electrons. The first-order valence-electron chi connectivity index (χ1n) is 8.76. The lowest BCUT2D eigenvalue weighted by molar-refractivity contribution is -0.128. The van der Waals surface area contributed by atoms with Gasteiger partial charge in [0.25, 0.3) is 0 Å². The van der Waals surface area contributed by atoms with E-state index in [2.05, 4.69) is 15.0 Å². The van der Waals surface area contributed by atoms with Crippen LogP contribution in [-0.2, 0) is 9.59 Å². The number of pyridine rings is 1. The largest absolute Gasteiger partial charge is 0.432 e. The maximum Gasteiger partial charge on any atom is 0.387 e. The molecule has 0 unspecified atom stereocenters. The second-order valence-electron chi connectivity index (χ2n) is 6.97. The number of nitrogens with one attached hydrogen (secondary N) is 1. The SMILES string of the molecule is CC(C)CN1C[C@@H](C(=O)Nc2ccc(OC(F)F)c3ncccc23)CC1=O. The molecule has 27 heavy (non-hydrogen) atoms. The lowest BCUT2D eigenvalue weighted by Crippen LogP contribution is -2.31. The molecule has 0 saturated carbocycles. The van der Waals surface area contributed by atoms with Crippen LogP contribution in [0, 0.1) is 11.8 Å². The number of hydrogen-bond donors (Lipinski definition) is 1. The van der Waals surface area contributed by atoms with Gasteiger partial charge in [-0.25, -0.2) is 0 Å². The lowest BCUT2D eigenvalue weighted by Gasteiger charge is -2.19. The summed E-state index contributed by atoms with van der Waals surface area (Å²) >= 11 is 0. The molecule has 0 radical (unpaired) electrons. The Morgan fingerprint density at radius 2 is 2.15 bits per heavy atom. The Labute approximate surface area is 155 Å². The van der Waals surface area contributed by atoms with Crippen LogP contribution < -0.4 is 10.1 Å². The fourth-order valence-corrected chi connectivity index (χ4v) is 3.25. The van der Waals surface area contributed by atoms with E-state index >= 15 is 0 Å². The van der Waals surface area contributed by atoms with Crippen LogP contribution >= 0.6 is 0 Å². The summed E-state index contributed by atoms with van der Waals surface area (Å²) in [5.41, 5.74) is 0.680. The predicted octanol–water partition coefficient (Wildman–Crippen LogP) is 3.28. The quantitative estimate of drug-likeness (QED) is 0.839. The molecule has 6 nitrogen and oxygen atoms in total. The van der Waals surface area contributed by atoms with Crippen LogP contribution in [0.1, 0.15) is 20.3 Å². The molecular weight excluding hydrogens is 356 g/mol. The lowest BCUT2D eigenvalue weighted by atomic mass is 10.1. The summed E-state index contributed by atoms with van der Waals surface area (Å²) in [5, 5.41) is 3.29. The monoisotopic (exact) mass is 377 g/mol. The first kappa shape index (κ1) is 19.0. The van der Waals surface area contributed by atoms with E-state index in [9.17, 15) is 18.4 Å². The Bertz CT molecular complexity index is 857. The number of rotatable bonds is 6. The molecule has 1 aromatic carbocycles. The molecule has 3 rings (SSSR count). The van der Waals surface area contributed by atoms with Crippen LogP contribution in [0.2, 0.25) is 0 Å². The van der Waals surface area contributed by atoms with E-state index in [1.54, 1.807) is 17.0 Å². The average molecular weight is 377 g/mol. The van der Waals surface area contributed by atoms with Gasteiger partial charge < -0.3 is 15.0 Å². The van der Waals surface area contributed by atoms with E-state index in [4.69, 9.17) is 0 Å². The molecule has 1 aliphatic rings. The third-order valence-electron chi connectivity index (χ3n) is 4.38. The number of carbonyl (C=O) groups is 2. The summed E-state index contributed by atoms with van der Waals surface area (Å²) in [5.74, 6) is -0.482. The highest BCUT2D eigenvalue weighted by atomic mass is 19.3. The summed E-state index contributed by atoms with van der Waals surface area (Å²) in [4.78, 5) is 30.5. The number of hydrogen-bond acceptors (Lipinski definition) is 4. The van der Waals surface area contributed by atoms with Gasteiger partial charge in [-0.15, -0.1) is 0 Å². The minimum Gasteiger partial charge on any atom is -0.432 e. The second-order valence-corrected chi connectivity index (χ2v) is 6.97. The number of halogens is 2. The summed E-state index contributed by atoms with van der Waals surface area (Å²) in [6.45, 7) is 2.07. The maximum absolute atomic E-state index is 12.6. The molecule has 2 heterocycles. The molecular formula is C19H21F2N3O3. The van der Waals surface area contributed by atoms with Gasteiger partial charge in [0.15, 0.2) is 5.75 Å². The van der Waals surface area contributed by atoms with Crippen LogP contribution in [-0.4, -0.2) is 41.4 Å². The third-order valence-corrected chi connectivity index (χ3v) is 4.38. The van der Waals surface area contributed by atoms with Gasteiger partial charge in [-0.1, -0.05) is 13.8 Å². The highest BCUT2D eigenvalue weighted by molar-refractivity contribution is 6.04. The van der Waals surface area contributed by atoms with Gasteiger partial charge >= 0.3 is 6.61 Å². The van der Waals surface area contributed by atoms with Crippen molar-refractivity contribution in [2.45, 2.75) is 26.9 Å². The summed E-state index contributed by atoms with van der Waals surface area (Å²) in [7, 11) is 0. The smallest absolute Gasteiger partial charge is 0.387 e. The van der Waals surface area contributed by atoms with Crippen molar-refractivity contribution in [1.82, 2.24) is 9.88 Å². The van der Waals surface area contributed by atoms with Gasteiger partial charge in [0.05, 0.1) is 11.6 Å². The number of alkyl halides is 2. The summed E-state index contributed by atoms with van der Waals surface area (Å²) in [6, 6.07) is 6.17. The van der Waals surface area contributed by atoms with Gasteiger partial charge in [-0.3, -0.25) is 14.6 Å². The minimum absolute atomic E-state index is 0.0314. The molecule has 2 amide bonds. The van der Waals surface area contributed by atoms with Gasteiger partial charge in [0.2, 0.25) is 11.8 Å². The molecule has 8 heteroatoms. The van der Waals surface area contributed by atoms with Gasteiger partial charge in [-0.2, -0.15) is 8.78 Å². The van der Waals surface area contributed by atoms with Crippen LogP contribution in [0.5, 0.6) is 5.75 Å². The number of carbonyl (C=O) groups excluding carboxylic acids is 2. The van der Waals surface area contributed by atoms with E-state index < -0.39 is 12.5 Å². The van der Waals surface area contributed by atoms with E-state index in [1.807, 2.05) is 13.8 Å². The van der Waals surface area contributed by atoms with Crippen molar-refractivity contribution < 1.29 is 23.1 Å². The zero-order valence-corrected chi connectivity index (χ0v) is 15.1. The minimum atomic E-state index is -2.97. The molecule has 0 aliphatic carbocycles. The van der Waals surface area contributed by atoms with Crippen LogP contribution in [0.15, 0.2) is 30.5 Å². The molecule has 1 fully saturated rings. The van der Waals surface area contributed by atoms with Crippen LogP contribution in [0.4, 0.5) is 14.5 Å². The van der Waals surface area contributed by atoms with E-state index in [-0.39, 0.29) is 29.5 Å². The van der Waals surface area contributed by atoms with Gasteiger partial charge in [-0.05, 0) is 30.2 Å². The topological polar surface area (TPSA) is 71.5 Å². The molecule has 1 atom stereocenters. The fraction of sp³-hybridized carbons (Fsp3) is 0.421. The number of nitrogens with zero attached hydrogens (tertiary/aromatic N) is 2. The van der Waals surface area contributed by atoms with Gasteiger partial charge in [0, 0.05) is 31.1 Å². The molecule has 1 aromatic heterocycles. The zero-order chi connectivity index (χ0) is 19.6. The van der Waals surface area contributed by atoms with Crippen LogP contribution in [0.3, 0.4) is 0 Å². The van der Waals surface area contributed by atoms with E-state index in [0.717, 1.165) is 0 Å². The Kier molecular flexibility index (Phi) is 5.53. The molecule has 1 N–H and O–H groups in total. The number of amides is 2. The highest BCUT2D eigenvalue weighted by Crippen LogP contribution is 2.31. The van der Waals surface area contributed by atoms with Crippen molar-refractivity contribution in [3.05, 3.63) is 30.5 Å². The number of ether oxygens (including phenoxy) is 1. The number of fused-ring (bicyclic) bond motifs is 1. The normalized spacial score (nSPS) is 17.2. The van der Waals surface area contributed by atoms with Crippen molar-refractivity contribution in [3.63, 3.8) is 0 Å². The first-order valence-corrected chi connectivity index (χ1v) is 8.76. The van der Waals surface area contributed by atoms with Crippen LogP contribution in [0.25, 0.3) is 10.9 Å². The van der Waals surface area contributed by atoms with Crippen molar-refractivity contribution in [3.8, 4) is 5.75 Å².